The monoisotopic (exact) mass is 134 g/mol. The molecule has 0 amide bonds. The van der Waals surface area contributed by atoms with Crippen LogP contribution in [-0.4, -0.2) is 0 Å². The van der Waals surface area contributed by atoms with Crippen LogP contribution in [0, 0.1) is 0 Å². The van der Waals surface area contributed by atoms with Crippen LogP contribution in [0.15, 0.2) is 21.1 Å². The van der Waals surface area contributed by atoms with Gasteiger partial charge in [-0.1, -0.05) is 0 Å². The molecule has 7 heavy (non-hydrogen) atoms. The SMILES string of the molecule is [CH3][Mn]1[C]2=[C]1CC=C2. The molecule has 0 aromatic rings. The summed E-state index contributed by atoms with van der Waals surface area (Å²) in [6.45, 7) is 0. The van der Waals surface area contributed by atoms with E-state index in [0.29, 0.717) is 0 Å². The first-order chi connectivity index (χ1) is 3.39. The van der Waals surface area contributed by atoms with Crippen molar-refractivity contribution in [1.29, 1.82) is 0 Å². The Hall–Kier alpha value is -0.000519. The third-order valence-electron chi connectivity index (χ3n) is 1.43. The topological polar surface area (TPSA) is 0 Å². The second-order valence-corrected chi connectivity index (χ2v) is 4.66. The molecule has 2 rings (SSSR count). The van der Waals surface area contributed by atoms with Gasteiger partial charge in [0.05, 0.1) is 0 Å². The molecule has 0 N–H and O–H groups in total. The summed E-state index contributed by atoms with van der Waals surface area (Å²) in [4.78, 5) is 0. The molecule has 0 aromatic carbocycles. The van der Waals surface area contributed by atoms with E-state index in [9.17, 15) is 0 Å². The Bertz CT molecular complexity index is 165. The average Bonchev–Trinajstić information content (AvgIpc) is 2.26. The fraction of sp³-hybridized carbons (Fsp3) is 0.333. The van der Waals surface area contributed by atoms with E-state index >= 15 is 0 Å². The standard InChI is InChI=1S/C5H4.CH3.Mn/c1-2-4-5-3-1;;/h1-2H,3H2;1H3;. The fourth-order valence-electron chi connectivity index (χ4n) is 0.920. The van der Waals surface area contributed by atoms with Crippen LogP contribution in [0.2, 0.25) is 5.82 Å². The number of rotatable bonds is 0. The maximum absolute atomic E-state index is 2.38. The van der Waals surface area contributed by atoms with Gasteiger partial charge in [0, 0.05) is 0 Å². The Morgan fingerprint density at radius 3 is 2.86 bits per heavy atom. The van der Waals surface area contributed by atoms with Crippen LogP contribution >= 0.6 is 0 Å². The van der Waals surface area contributed by atoms with E-state index in [1.807, 2.05) is 0 Å². The van der Waals surface area contributed by atoms with Gasteiger partial charge in [0.25, 0.3) is 0 Å². The van der Waals surface area contributed by atoms with Crippen molar-refractivity contribution in [1.82, 2.24) is 0 Å². The van der Waals surface area contributed by atoms with Crippen LogP contribution in [0.1, 0.15) is 6.42 Å². The molecule has 0 nitrogen and oxygen atoms in total. The zero-order valence-corrected chi connectivity index (χ0v) is 5.42. The summed E-state index contributed by atoms with van der Waals surface area (Å²) in [5.74, 6) is 2.38. The van der Waals surface area contributed by atoms with E-state index in [1.165, 1.54) is 6.42 Å². The van der Waals surface area contributed by atoms with Gasteiger partial charge < -0.3 is 0 Å². The quantitative estimate of drug-likeness (QED) is 0.443. The zero-order chi connectivity index (χ0) is 4.85. The normalized spacial score (nSPS) is 29.0. The van der Waals surface area contributed by atoms with Crippen molar-refractivity contribution >= 4 is 0 Å². The van der Waals surface area contributed by atoms with Crippen LogP contribution in [0.3, 0.4) is 0 Å². The van der Waals surface area contributed by atoms with E-state index < -0.39 is 0 Å². The zero-order valence-electron chi connectivity index (χ0n) is 4.24. The number of hydrogen-bond donors (Lipinski definition) is 0. The molecule has 0 saturated carbocycles. The van der Waals surface area contributed by atoms with Crippen molar-refractivity contribution < 1.29 is 13.9 Å². The minimum atomic E-state index is 0.0179. The second kappa shape index (κ2) is 1.04. The Morgan fingerprint density at radius 1 is 1.71 bits per heavy atom. The summed E-state index contributed by atoms with van der Waals surface area (Å²) in [6, 6.07) is 0. The van der Waals surface area contributed by atoms with Gasteiger partial charge in [0.1, 0.15) is 0 Å². The van der Waals surface area contributed by atoms with E-state index in [-0.39, 0.29) is 13.9 Å². The maximum atomic E-state index is 2.38. The second-order valence-electron chi connectivity index (χ2n) is 1.83. The molecule has 0 saturated heterocycles. The molecule has 0 fully saturated rings. The Kier molecular flexibility index (Phi) is 0.586. The molecule has 0 bridgehead atoms. The van der Waals surface area contributed by atoms with Crippen LogP contribution in [0.25, 0.3) is 0 Å². The average molecular weight is 134 g/mol. The molecule has 2 aliphatic rings. The first kappa shape index (κ1) is 3.94. The molecule has 1 aliphatic heterocycles. The Morgan fingerprint density at radius 2 is 2.57 bits per heavy atom. The van der Waals surface area contributed by atoms with Crippen LogP contribution in [0.4, 0.5) is 0 Å². The Labute approximate surface area is 47.8 Å². The molecule has 0 atom stereocenters. The summed E-state index contributed by atoms with van der Waals surface area (Å²) in [7, 11) is 0. The molecule has 38 valence electrons. The van der Waals surface area contributed by atoms with Gasteiger partial charge in [-0.3, -0.25) is 0 Å². The van der Waals surface area contributed by atoms with Crippen LogP contribution < -0.4 is 0 Å². The molecule has 1 heterocycles. The molecular weight excluding hydrogens is 127 g/mol. The molecule has 0 unspecified atom stereocenters. The van der Waals surface area contributed by atoms with Gasteiger partial charge in [-0.05, 0) is 0 Å². The van der Waals surface area contributed by atoms with Crippen molar-refractivity contribution in [2.45, 2.75) is 12.2 Å². The van der Waals surface area contributed by atoms with E-state index in [2.05, 4.69) is 18.0 Å². The van der Waals surface area contributed by atoms with E-state index in [1.54, 1.807) is 8.94 Å². The minimum absolute atomic E-state index is 0.0179. The number of hydrogen-bond acceptors (Lipinski definition) is 0. The molecular formula is C6H7Mn. The third kappa shape index (κ3) is 0.375. The van der Waals surface area contributed by atoms with Gasteiger partial charge in [-0.2, -0.15) is 0 Å². The first-order valence-electron chi connectivity index (χ1n) is 2.39. The molecule has 0 aromatic heterocycles. The van der Waals surface area contributed by atoms with Gasteiger partial charge in [-0.15, -0.1) is 0 Å². The summed E-state index contributed by atoms with van der Waals surface area (Å²) < 4.78 is 3.50. The van der Waals surface area contributed by atoms with Gasteiger partial charge in [-0.25, -0.2) is 0 Å². The van der Waals surface area contributed by atoms with E-state index in [4.69, 9.17) is 0 Å². The third-order valence-corrected chi connectivity index (χ3v) is 4.27. The van der Waals surface area contributed by atoms with Crippen LogP contribution in [0.5, 0.6) is 0 Å². The Balaban J connectivity index is 2.32. The first-order valence-corrected chi connectivity index (χ1v) is 4.75. The summed E-state index contributed by atoms with van der Waals surface area (Å²) in [6.07, 6.45) is 5.86. The predicted molar refractivity (Wildman–Crippen MR) is 26.6 cm³/mol. The van der Waals surface area contributed by atoms with Crippen molar-refractivity contribution in [3.8, 4) is 0 Å². The van der Waals surface area contributed by atoms with Crippen molar-refractivity contribution in [3.05, 3.63) is 21.1 Å². The molecule has 1 aliphatic carbocycles. The molecule has 1 heteroatoms. The van der Waals surface area contributed by atoms with Crippen LogP contribution in [-0.2, 0) is 13.9 Å². The fourth-order valence-corrected chi connectivity index (χ4v) is 3.33. The number of allylic oxidation sites excluding steroid dienone is 4. The predicted octanol–water partition coefficient (Wildman–Crippen LogP) is 1.84. The van der Waals surface area contributed by atoms with Crippen molar-refractivity contribution in [3.63, 3.8) is 0 Å². The van der Waals surface area contributed by atoms with Gasteiger partial charge in [0.2, 0.25) is 0 Å². The summed E-state index contributed by atoms with van der Waals surface area (Å²) in [5.41, 5.74) is 0. The molecule has 0 spiro atoms. The van der Waals surface area contributed by atoms with Gasteiger partial charge >= 0.3 is 47.2 Å². The van der Waals surface area contributed by atoms with Crippen molar-refractivity contribution in [2.24, 2.45) is 0 Å². The van der Waals surface area contributed by atoms with Gasteiger partial charge in [0.15, 0.2) is 0 Å². The van der Waals surface area contributed by atoms with Crippen molar-refractivity contribution in [2.75, 3.05) is 0 Å². The summed E-state index contributed by atoms with van der Waals surface area (Å²) >= 11 is 0.0179. The summed E-state index contributed by atoms with van der Waals surface area (Å²) in [5, 5.41) is 0. The molecule has 0 radical (unpaired) electrons. The van der Waals surface area contributed by atoms with E-state index in [0.717, 1.165) is 0 Å².